The van der Waals surface area contributed by atoms with Gasteiger partial charge in [-0.05, 0) is 39.0 Å². The van der Waals surface area contributed by atoms with Gasteiger partial charge in [-0.1, -0.05) is 23.2 Å². The third kappa shape index (κ3) is 4.16. The van der Waals surface area contributed by atoms with Gasteiger partial charge in [0, 0.05) is 18.7 Å². The minimum absolute atomic E-state index is 0.168. The highest BCUT2D eigenvalue weighted by Gasteiger charge is 2.22. The van der Waals surface area contributed by atoms with Gasteiger partial charge in [-0.3, -0.25) is 4.79 Å². The van der Waals surface area contributed by atoms with Crippen LogP contribution in [0.15, 0.2) is 18.2 Å². The van der Waals surface area contributed by atoms with E-state index in [-0.39, 0.29) is 12.5 Å². The summed E-state index contributed by atoms with van der Waals surface area (Å²) in [5, 5.41) is 10.5. The number of hydrogen-bond acceptors (Lipinski definition) is 2. The molecule has 0 bridgehead atoms. The molecule has 0 unspecified atom stereocenters. The molecule has 0 aliphatic carbocycles. The molecule has 0 fully saturated rings. The van der Waals surface area contributed by atoms with Crippen LogP contribution in [0.2, 0.25) is 10.0 Å². The molecule has 0 saturated carbocycles. The maximum Gasteiger partial charge on any atom is 0.253 e. The lowest BCUT2D eigenvalue weighted by Crippen LogP contribution is -2.42. The number of nitrogens with zero attached hydrogens (tertiary/aromatic N) is 1. The Morgan fingerprint density at radius 2 is 1.94 bits per heavy atom. The van der Waals surface area contributed by atoms with Crippen LogP contribution in [0, 0.1) is 0 Å². The first-order valence-electron chi connectivity index (χ1n) is 5.71. The monoisotopic (exact) mass is 289 g/mol. The first-order chi connectivity index (χ1) is 8.24. The van der Waals surface area contributed by atoms with Crippen LogP contribution in [-0.4, -0.2) is 34.6 Å². The average Bonchev–Trinajstić information content (AvgIpc) is 2.27. The van der Waals surface area contributed by atoms with E-state index in [2.05, 4.69) is 0 Å². The Morgan fingerprint density at radius 3 is 2.39 bits per heavy atom. The Hall–Kier alpha value is -0.770. The van der Waals surface area contributed by atoms with Gasteiger partial charge in [-0.15, -0.1) is 0 Å². The van der Waals surface area contributed by atoms with Crippen LogP contribution in [0.4, 0.5) is 0 Å². The van der Waals surface area contributed by atoms with Gasteiger partial charge in [0.15, 0.2) is 0 Å². The van der Waals surface area contributed by atoms with Crippen molar-refractivity contribution in [1.82, 2.24) is 4.90 Å². The lowest BCUT2D eigenvalue weighted by Gasteiger charge is -2.28. The molecule has 3 nitrogen and oxygen atoms in total. The number of hydrogen-bond donors (Lipinski definition) is 1. The van der Waals surface area contributed by atoms with Crippen molar-refractivity contribution >= 4 is 29.1 Å². The molecule has 1 amide bonds. The number of aliphatic hydroxyl groups is 1. The molecule has 0 spiro atoms. The zero-order chi connectivity index (χ0) is 13.9. The van der Waals surface area contributed by atoms with Crippen LogP contribution in [-0.2, 0) is 0 Å². The minimum Gasteiger partial charge on any atom is -0.389 e. The number of rotatable bonds is 4. The van der Waals surface area contributed by atoms with E-state index >= 15 is 0 Å². The zero-order valence-corrected chi connectivity index (χ0v) is 12.2. The Morgan fingerprint density at radius 1 is 1.33 bits per heavy atom. The van der Waals surface area contributed by atoms with Gasteiger partial charge in [-0.2, -0.15) is 0 Å². The fourth-order valence-corrected chi connectivity index (χ4v) is 1.90. The third-order valence-corrected chi connectivity index (χ3v) is 3.15. The normalized spacial score (nSPS) is 11.4. The van der Waals surface area contributed by atoms with Gasteiger partial charge in [-0.25, -0.2) is 0 Å². The van der Waals surface area contributed by atoms with Crippen LogP contribution in [0.25, 0.3) is 0 Å². The van der Waals surface area contributed by atoms with Gasteiger partial charge < -0.3 is 10.0 Å². The molecular formula is C13H17Cl2NO2. The molecule has 0 atom stereocenters. The summed E-state index contributed by atoms with van der Waals surface area (Å²) in [6, 6.07) is 4.76. The van der Waals surface area contributed by atoms with Crippen LogP contribution in [0.3, 0.4) is 0 Å². The summed E-state index contributed by atoms with van der Waals surface area (Å²) < 4.78 is 0. The van der Waals surface area contributed by atoms with Crippen molar-refractivity contribution in [3.8, 4) is 0 Å². The second kappa shape index (κ2) is 5.91. The Kier molecular flexibility index (Phi) is 5.02. The van der Waals surface area contributed by atoms with Crippen LogP contribution >= 0.6 is 23.2 Å². The molecular weight excluding hydrogens is 273 g/mol. The van der Waals surface area contributed by atoms with Crippen molar-refractivity contribution in [2.24, 2.45) is 0 Å². The second-order valence-corrected chi connectivity index (χ2v) is 5.58. The smallest absolute Gasteiger partial charge is 0.253 e. The summed E-state index contributed by atoms with van der Waals surface area (Å²) in [7, 11) is 0. The number of benzene rings is 1. The standard InChI is InChI=1S/C13H17Cl2NO2/c1-4-16(8-13(2,3)18)12(17)9-5-6-10(14)11(15)7-9/h5-7,18H,4,8H2,1-3H3. The van der Waals surface area contributed by atoms with E-state index in [0.717, 1.165) is 0 Å². The van der Waals surface area contributed by atoms with Gasteiger partial charge in [0.2, 0.25) is 0 Å². The first kappa shape index (κ1) is 15.3. The fourth-order valence-electron chi connectivity index (χ4n) is 1.61. The predicted molar refractivity (Wildman–Crippen MR) is 74.3 cm³/mol. The summed E-state index contributed by atoms with van der Waals surface area (Å²) in [5.41, 5.74) is -0.461. The Bertz CT molecular complexity index is 441. The fraction of sp³-hybridized carbons (Fsp3) is 0.462. The quantitative estimate of drug-likeness (QED) is 0.925. The Labute approximate surface area is 117 Å². The van der Waals surface area contributed by atoms with E-state index in [1.54, 1.807) is 36.9 Å². The number of halogens is 2. The molecule has 0 aliphatic rings. The number of likely N-dealkylation sites (N-methyl/N-ethyl adjacent to an activating group) is 1. The average molecular weight is 290 g/mol. The maximum absolute atomic E-state index is 12.2. The lowest BCUT2D eigenvalue weighted by atomic mass is 10.1. The van der Waals surface area contributed by atoms with Gasteiger partial charge in [0.1, 0.15) is 0 Å². The van der Waals surface area contributed by atoms with Crippen LogP contribution in [0.5, 0.6) is 0 Å². The highest BCUT2D eigenvalue weighted by Crippen LogP contribution is 2.23. The molecule has 0 radical (unpaired) electrons. The minimum atomic E-state index is -0.929. The molecule has 0 aliphatic heterocycles. The number of carbonyl (C=O) groups excluding carboxylic acids is 1. The van der Waals surface area contributed by atoms with E-state index in [9.17, 15) is 9.90 Å². The van der Waals surface area contributed by atoms with Gasteiger partial charge >= 0.3 is 0 Å². The first-order valence-corrected chi connectivity index (χ1v) is 6.47. The summed E-state index contributed by atoms with van der Waals surface area (Å²) in [6.45, 7) is 5.97. The van der Waals surface area contributed by atoms with Crippen molar-refractivity contribution in [2.45, 2.75) is 26.4 Å². The van der Waals surface area contributed by atoms with Crippen molar-refractivity contribution < 1.29 is 9.90 Å². The van der Waals surface area contributed by atoms with Crippen LogP contribution < -0.4 is 0 Å². The summed E-state index contributed by atoms with van der Waals surface area (Å²) in [4.78, 5) is 13.8. The summed E-state index contributed by atoms with van der Waals surface area (Å²) in [5.74, 6) is -0.168. The topological polar surface area (TPSA) is 40.5 Å². The van der Waals surface area contributed by atoms with E-state index in [0.29, 0.717) is 22.2 Å². The number of carbonyl (C=O) groups is 1. The predicted octanol–water partition coefficient (Wildman–Crippen LogP) is 3.23. The molecule has 100 valence electrons. The highest BCUT2D eigenvalue weighted by molar-refractivity contribution is 6.42. The maximum atomic E-state index is 12.2. The molecule has 18 heavy (non-hydrogen) atoms. The van der Waals surface area contributed by atoms with E-state index in [1.807, 2.05) is 6.92 Å². The summed E-state index contributed by atoms with van der Waals surface area (Å²) >= 11 is 11.7. The van der Waals surface area contributed by atoms with E-state index in [1.165, 1.54) is 0 Å². The van der Waals surface area contributed by atoms with E-state index in [4.69, 9.17) is 23.2 Å². The Balaban J connectivity index is 2.93. The molecule has 0 aromatic heterocycles. The highest BCUT2D eigenvalue weighted by atomic mass is 35.5. The largest absolute Gasteiger partial charge is 0.389 e. The van der Waals surface area contributed by atoms with E-state index < -0.39 is 5.60 Å². The van der Waals surface area contributed by atoms with Crippen molar-refractivity contribution in [3.63, 3.8) is 0 Å². The molecule has 0 heterocycles. The molecule has 0 saturated heterocycles. The molecule has 1 aromatic rings. The van der Waals surface area contributed by atoms with Crippen LogP contribution in [0.1, 0.15) is 31.1 Å². The zero-order valence-electron chi connectivity index (χ0n) is 10.7. The van der Waals surface area contributed by atoms with Crippen molar-refractivity contribution in [1.29, 1.82) is 0 Å². The molecule has 1 aromatic carbocycles. The van der Waals surface area contributed by atoms with Crippen molar-refractivity contribution in [2.75, 3.05) is 13.1 Å². The SMILES string of the molecule is CCN(CC(C)(C)O)C(=O)c1ccc(Cl)c(Cl)c1. The summed E-state index contributed by atoms with van der Waals surface area (Å²) in [6.07, 6.45) is 0. The molecule has 1 N–H and O–H groups in total. The van der Waals surface area contributed by atoms with Gasteiger partial charge in [0.05, 0.1) is 15.6 Å². The lowest BCUT2D eigenvalue weighted by molar-refractivity contribution is 0.0314. The van der Waals surface area contributed by atoms with Gasteiger partial charge in [0.25, 0.3) is 5.91 Å². The molecule has 1 rings (SSSR count). The molecule has 5 heteroatoms. The number of amides is 1. The van der Waals surface area contributed by atoms with Crippen molar-refractivity contribution in [3.05, 3.63) is 33.8 Å². The third-order valence-electron chi connectivity index (χ3n) is 2.41. The second-order valence-electron chi connectivity index (χ2n) is 4.76.